The van der Waals surface area contributed by atoms with E-state index in [2.05, 4.69) is 22.3 Å². The van der Waals surface area contributed by atoms with Crippen LogP contribution in [0.3, 0.4) is 0 Å². The summed E-state index contributed by atoms with van der Waals surface area (Å²) in [6.07, 6.45) is 2.35. The highest BCUT2D eigenvalue weighted by Gasteiger charge is 2.40. The van der Waals surface area contributed by atoms with Gasteiger partial charge in [0.1, 0.15) is 11.1 Å². The van der Waals surface area contributed by atoms with Crippen LogP contribution in [0.15, 0.2) is 44.8 Å². The zero-order chi connectivity index (χ0) is 18.1. The fourth-order valence-corrected chi connectivity index (χ4v) is 4.69. The molecule has 0 saturated carbocycles. The standard InChI is InChI=1S/C19H20N4O2S/c1-12-18(13-6-8-23(12)9-7-13)21-19(24)14-2-4-16(5-3-14)26-17-10-15(11-20)25-22-17/h2-5,10,12-13,18H,6-9H2,1H3,(H,21,24). The minimum atomic E-state index is -0.0136. The molecule has 3 aliphatic rings. The summed E-state index contributed by atoms with van der Waals surface area (Å²) >= 11 is 1.40. The van der Waals surface area contributed by atoms with Crippen molar-refractivity contribution in [2.24, 2.45) is 5.92 Å². The second kappa shape index (κ2) is 7.14. The molecule has 5 rings (SSSR count). The molecule has 3 aliphatic heterocycles. The van der Waals surface area contributed by atoms with E-state index in [1.807, 2.05) is 30.3 Å². The van der Waals surface area contributed by atoms with Gasteiger partial charge in [0.15, 0.2) is 0 Å². The van der Waals surface area contributed by atoms with Gasteiger partial charge in [-0.2, -0.15) is 5.26 Å². The smallest absolute Gasteiger partial charge is 0.251 e. The lowest BCUT2D eigenvalue weighted by molar-refractivity contribution is 0.0217. The Morgan fingerprint density at radius 3 is 2.69 bits per heavy atom. The third-order valence-corrected chi connectivity index (χ3v) is 6.32. The van der Waals surface area contributed by atoms with Crippen molar-refractivity contribution in [1.29, 1.82) is 5.26 Å². The summed E-state index contributed by atoms with van der Waals surface area (Å²) in [7, 11) is 0. The third-order valence-electron chi connectivity index (χ3n) is 5.41. The molecule has 134 valence electrons. The maximum atomic E-state index is 12.6. The van der Waals surface area contributed by atoms with Crippen LogP contribution >= 0.6 is 11.8 Å². The minimum absolute atomic E-state index is 0.0136. The first-order chi connectivity index (χ1) is 12.6. The molecular weight excluding hydrogens is 348 g/mol. The van der Waals surface area contributed by atoms with Gasteiger partial charge in [0.25, 0.3) is 5.91 Å². The van der Waals surface area contributed by atoms with Crippen LogP contribution in [0, 0.1) is 17.2 Å². The molecule has 1 aromatic carbocycles. The molecule has 3 saturated heterocycles. The second-order valence-electron chi connectivity index (χ2n) is 6.88. The summed E-state index contributed by atoms with van der Waals surface area (Å²) in [5.41, 5.74) is 0.663. The van der Waals surface area contributed by atoms with Crippen molar-refractivity contribution >= 4 is 17.7 Å². The first kappa shape index (κ1) is 17.1. The monoisotopic (exact) mass is 368 g/mol. The Labute approximate surface area is 156 Å². The van der Waals surface area contributed by atoms with Crippen LogP contribution in [0.2, 0.25) is 0 Å². The molecule has 0 radical (unpaired) electrons. The van der Waals surface area contributed by atoms with Gasteiger partial charge in [-0.3, -0.25) is 9.69 Å². The van der Waals surface area contributed by atoms with Crippen LogP contribution in [0.4, 0.5) is 0 Å². The molecule has 3 fully saturated rings. The number of nitrogens with zero attached hydrogens (tertiary/aromatic N) is 3. The Balaban J connectivity index is 1.40. The van der Waals surface area contributed by atoms with E-state index in [4.69, 9.17) is 9.78 Å². The fraction of sp³-hybridized carbons (Fsp3) is 0.421. The van der Waals surface area contributed by atoms with Gasteiger partial charge in [0.2, 0.25) is 5.76 Å². The van der Waals surface area contributed by atoms with E-state index < -0.39 is 0 Å². The number of fused-ring (bicyclic) bond motifs is 3. The largest absolute Gasteiger partial charge is 0.347 e. The normalized spacial score (nSPS) is 27.1. The van der Waals surface area contributed by atoms with Crippen molar-refractivity contribution in [3.8, 4) is 6.07 Å². The van der Waals surface area contributed by atoms with Crippen LogP contribution < -0.4 is 5.32 Å². The summed E-state index contributed by atoms with van der Waals surface area (Å²) < 4.78 is 4.87. The van der Waals surface area contributed by atoms with Gasteiger partial charge in [0, 0.05) is 28.6 Å². The molecule has 1 N–H and O–H groups in total. The molecule has 2 unspecified atom stereocenters. The van der Waals surface area contributed by atoms with Crippen molar-refractivity contribution < 1.29 is 9.32 Å². The molecule has 6 nitrogen and oxygen atoms in total. The summed E-state index contributed by atoms with van der Waals surface area (Å²) in [5.74, 6) is 0.769. The van der Waals surface area contributed by atoms with Crippen molar-refractivity contribution in [2.75, 3.05) is 13.1 Å². The van der Waals surface area contributed by atoms with Gasteiger partial charge in [-0.25, -0.2) is 0 Å². The summed E-state index contributed by atoms with van der Waals surface area (Å²) in [5, 5.41) is 16.5. The third kappa shape index (κ3) is 3.35. The van der Waals surface area contributed by atoms with Crippen molar-refractivity contribution in [3.05, 3.63) is 41.7 Å². The van der Waals surface area contributed by atoms with Crippen molar-refractivity contribution in [1.82, 2.24) is 15.4 Å². The van der Waals surface area contributed by atoms with Crippen LogP contribution in [0.25, 0.3) is 0 Å². The van der Waals surface area contributed by atoms with Gasteiger partial charge in [0.05, 0.1) is 0 Å². The number of nitrogens with one attached hydrogen (secondary N) is 1. The Kier molecular flexibility index (Phi) is 4.70. The maximum absolute atomic E-state index is 12.6. The van der Waals surface area contributed by atoms with Gasteiger partial charge in [-0.05, 0) is 63.0 Å². The summed E-state index contributed by atoms with van der Waals surface area (Å²) in [6, 6.07) is 11.6. The lowest BCUT2D eigenvalue weighted by Gasteiger charge is -2.49. The van der Waals surface area contributed by atoms with E-state index in [1.165, 1.54) is 24.6 Å². The number of piperidine rings is 3. The van der Waals surface area contributed by atoms with Crippen LogP contribution in [-0.2, 0) is 0 Å². The highest BCUT2D eigenvalue weighted by Crippen LogP contribution is 2.32. The first-order valence-electron chi connectivity index (χ1n) is 8.83. The topological polar surface area (TPSA) is 82.2 Å². The number of carbonyl (C=O) groups is 1. The Bertz CT molecular complexity index is 832. The van der Waals surface area contributed by atoms with Gasteiger partial charge >= 0.3 is 0 Å². The van der Waals surface area contributed by atoms with Crippen LogP contribution in [-0.4, -0.2) is 41.1 Å². The molecule has 26 heavy (non-hydrogen) atoms. The van der Waals surface area contributed by atoms with Crippen molar-refractivity contribution in [3.63, 3.8) is 0 Å². The van der Waals surface area contributed by atoms with Crippen LogP contribution in [0.5, 0.6) is 0 Å². The molecular formula is C19H20N4O2S. The molecule has 2 bridgehead atoms. The first-order valence-corrected chi connectivity index (χ1v) is 9.65. The molecule has 0 aliphatic carbocycles. The number of amides is 1. The molecule has 2 atom stereocenters. The molecule has 1 amide bonds. The number of hydrogen-bond acceptors (Lipinski definition) is 6. The van der Waals surface area contributed by atoms with E-state index in [9.17, 15) is 4.79 Å². The molecule has 1 aromatic heterocycles. The lowest BCUT2D eigenvalue weighted by Crippen LogP contribution is -2.62. The molecule has 4 heterocycles. The van der Waals surface area contributed by atoms with E-state index in [0.29, 0.717) is 22.5 Å². The molecule has 2 aromatic rings. The predicted octanol–water partition coefficient (Wildman–Crippen LogP) is 2.91. The number of carbonyl (C=O) groups excluding carboxylic acids is 1. The van der Waals surface area contributed by atoms with E-state index >= 15 is 0 Å². The Morgan fingerprint density at radius 2 is 2.08 bits per heavy atom. The fourth-order valence-electron chi connectivity index (χ4n) is 3.93. The van der Waals surface area contributed by atoms with Gasteiger partial charge in [-0.1, -0.05) is 16.9 Å². The molecule has 0 spiro atoms. The summed E-state index contributed by atoms with van der Waals surface area (Å²) in [4.78, 5) is 16.1. The predicted molar refractivity (Wildman–Crippen MR) is 96.8 cm³/mol. The van der Waals surface area contributed by atoms with E-state index in [1.54, 1.807) is 6.07 Å². The zero-order valence-corrected chi connectivity index (χ0v) is 15.3. The average molecular weight is 368 g/mol. The molecule has 7 heteroatoms. The quantitative estimate of drug-likeness (QED) is 0.893. The zero-order valence-electron chi connectivity index (χ0n) is 14.5. The number of rotatable bonds is 4. The summed E-state index contributed by atoms with van der Waals surface area (Å²) in [6.45, 7) is 4.52. The average Bonchev–Trinajstić information content (AvgIpc) is 3.13. The Morgan fingerprint density at radius 1 is 1.35 bits per heavy atom. The van der Waals surface area contributed by atoms with Crippen molar-refractivity contribution in [2.45, 2.75) is 41.8 Å². The van der Waals surface area contributed by atoms with Gasteiger partial charge < -0.3 is 9.84 Å². The van der Waals surface area contributed by atoms with Gasteiger partial charge in [-0.15, -0.1) is 0 Å². The number of aromatic nitrogens is 1. The highest BCUT2D eigenvalue weighted by atomic mass is 32.2. The van der Waals surface area contributed by atoms with E-state index in [-0.39, 0.29) is 17.7 Å². The Hall–Kier alpha value is -2.30. The minimum Gasteiger partial charge on any atom is -0.347 e. The SMILES string of the molecule is CC1C(NC(=O)c2ccc(Sc3cc(C#N)on3)cc2)C2CCN1CC2. The number of benzene rings is 1. The number of nitriles is 1. The number of hydrogen-bond donors (Lipinski definition) is 1. The lowest BCUT2D eigenvalue weighted by atomic mass is 9.79. The second-order valence-corrected chi connectivity index (χ2v) is 7.97. The maximum Gasteiger partial charge on any atom is 0.251 e. The van der Waals surface area contributed by atoms with E-state index in [0.717, 1.165) is 18.0 Å². The highest BCUT2D eigenvalue weighted by molar-refractivity contribution is 7.99. The van der Waals surface area contributed by atoms with Crippen LogP contribution in [0.1, 0.15) is 35.9 Å².